The summed E-state index contributed by atoms with van der Waals surface area (Å²) < 4.78 is 22.8. The summed E-state index contributed by atoms with van der Waals surface area (Å²) in [5, 5.41) is 8.34. The Hall–Kier alpha value is -2.42. The minimum Gasteiger partial charge on any atom is -0.369 e. The van der Waals surface area contributed by atoms with Crippen molar-refractivity contribution < 1.29 is 13.2 Å². The van der Waals surface area contributed by atoms with E-state index in [-0.39, 0.29) is 16.8 Å². The molecule has 1 aliphatic heterocycles. The van der Waals surface area contributed by atoms with Crippen LogP contribution in [0.3, 0.4) is 0 Å². The Morgan fingerprint density at radius 3 is 2.23 bits per heavy atom. The van der Waals surface area contributed by atoms with Gasteiger partial charge in [-0.25, -0.2) is 13.6 Å². The maximum absolute atomic E-state index is 12.6. The molecular weight excluding hydrogens is 400 g/mol. The SMILES string of the molecule is CCCC(NC(=O)CN1CCN(c2ccc(S(N)(=O)=O)cc2)CC1)c1ccccc1. The highest BCUT2D eigenvalue weighted by atomic mass is 32.2. The molecule has 0 radical (unpaired) electrons. The number of nitrogens with two attached hydrogens (primary N) is 1. The minimum atomic E-state index is -3.68. The van der Waals surface area contributed by atoms with Gasteiger partial charge in [-0.15, -0.1) is 0 Å². The lowest BCUT2D eigenvalue weighted by Gasteiger charge is -2.36. The summed E-state index contributed by atoms with van der Waals surface area (Å²) in [7, 11) is -3.68. The number of carbonyl (C=O) groups excluding carboxylic acids is 1. The van der Waals surface area contributed by atoms with Crippen LogP contribution in [0.4, 0.5) is 5.69 Å². The van der Waals surface area contributed by atoms with Gasteiger partial charge in [0.05, 0.1) is 17.5 Å². The van der Waals surface area contributed by atoms with Gasteiger partial charge in [0.2, 0.25) is 15.9 Å². The maximum atomic E-state index is 12.6. The van der Waals surface area contributed by atoms with Crippen LogP contribution in [0.5, 0.6) is 0 Å². The molecule has 0 saturated carbocycles. The minimum absolute atomic E-state index is 0.0438. The van der Waals surface area contributed by atoms with E-state index >= 15 is 0 Å². The highest BCUT2D eigenvalue weighted by Gasteiger charge is 2.21. The van der Waals surface area contributed by atoms with Crippen molar-refractivity contribution in [2.45, 2.75) is 30.7 Å². The molecule has 0 aliphatic carbocycles. The molecule has 0 spiro atoms. The fraction of sp³-hybridized carbons (Fsp3) is 0.409. The van der Waals surface area contributed by atoms with Gasteiger partial charge in [0.25, 0.3) is 0 Å². The Kier molecular flexibility index (Phi) is 7.47. The van der Waals surface area contributed by atoms with E-state index in [4.69, 9.17) is 5.14 Å². The summed E-state index contributed by atoms with van der Waals surface area (Å²) in [5.41, 5.74) is 2.10. The van der Waals surface area contributed by atoms with Crippen molar-refractivity contribution in [3.05, 3.63) is 60.2 Å². The normalized spacial score (nSPS) is 16.3. The standard InChI is InChI=1S/C22H30N4O3S/c1-2-6-21(18-7-4-3-5-8-18)24-22(27)17-25-13-15-26(16-14-25)19-9-11-20(12-10-19)30(23,28)29/h3-5,7-12,21H,2,6,13-17H2,1H3,(H,24,27)(H2,23,28,29). The molecule has 0 bridgehead atoms. The lowest BCUT2D eigenvalue weighted by molar-refractivity contribution is -0.123. The quantitative estimate of drug-likeness (QED) is 0.669. The summed E-state index contributed by atoms with van der Waals surface area (Å²) in [4.78, 5) is 17.1. The summed E-state index contributed by atoms with van der Waals surface area (Å²) >= 11 is 0. The van der Waals surface area contributed by atoms with Crippen LogP contribution in [0.1, 0.15) is 31.4 Å². The van der Waals surface area contributed by atoms with Crippen LogP contribution < -0.4 is 15.4 Å². The van der Waals surface area contributed by atoms with Crippen LogP contribution in [0.25, 0.3) is 0 Å². The highest BCUT2D eigenvalue weighted by molar-refractivity contribution is 7.89. The number of sulfonamides is 1. The van der Waals surface area contributed by atoms with Gasteiger partial charge < -0.3 is 10.2 Å². The van der Waals surface area contributed by atoms with Crippen LogP contribution >= 0.6 is 0 Å². The van der Waals surface area contributed by atoms with E-state index in [1.807, 2.05) is 18.2 Å². The van der Waals surface area contributed by atoms with E-state index in [1.54, 1.807) is 12.1 Å². The number of nitrogens with zero attached hydrogens (tertiary/aromatic N) is 2. The first-order valence-electron chi connectivity index (χ1n) is 10.3. The molecule has 0 aromatic heterocycles. The number of primary sulfonamides is 1. The third kappa shape index (κ3) is 6.04. The molecular formula is C22H30N4O3S. The molecule has 8 heteroatoms. The van der Waals surface area contributed by atoms with E-state index < -0.39 is 10.0 Å². The Morgan fingerprint density at radius 1 is 1.03 bits per heavy atom. The van der Waals surface area contributed by atoms with Crippen molar-refractivity contribution in [1.29, 1.82) is 0 Å². The number of nitrogens with one attached hydrogen (secondary N) is 1. The molecule has 3 rings (SSSR count). The number of amides is 1. The molecule has 1 aliphatic rings. The van der Waals surface area contributed by atoms with Crippen molar-refractivity contribution in [1.82, 2.24) is 10.2 Å². The number of rotatable bonds is 8. The second kappa shape index (κ2) is 10.1. The Morgan fingerprint density at radius 2 is 1.67 bits per heavy atom. The number of anilines is 1. The number of piperazine rings is 1. The van der Waals surface area contributed by atoms with Gasteiger partial charge in [0.1, 0.15) is 0 Å². The summed E-state index contributed by atoms with van der Waals surface area (Å²) in [6.07, 6.45) is 1.92. The fourth-order valence-corrected chi connectivity index (χ4v) is 4.27. The molecule has 1 unspecified atom stereocenters. The predicted molar refractivity (Wildman–Crippen MR) is 119 cm³/mol. The zero-order chi connectivity index (χ0) is 21.6. The van der Waals surface area contributed by atoms with Crippen LogP contribution in [0, 0.1) is 0 Å². The van der Waals surface area contributed by atoms with E-state index in [1.165, 1.54) is 12.1 Å². The molecule has 3 N–H and O–H groups in total. The van der Waals surface area contributed by atoms with Crippen molar-refractivity contribution in [3.8, 4) is 0 Å². The first-order chi connectivity index (χ1) is 14.4. The molecule has 162 valence electrons. The molecule has 2 aromatic carbocycles. The second-order valence-corrected chi connectivity index (χ2v) is 9.18. The van der Waals surface area contributed by atoms with Crippen molar-refractivity contribution in [2.75, 3.05) is 37.6 Å². The molecule has 1 fully saturated rings. The topological polar surface area (TPSA) is 95.7 Å². The molecule has 1 amide bonds. The molecule has 7 nitrogen and oxygen atoms in total. The number of carbonyl (C=O) groups is 1. The van der Waals surface area contributed by atoms with Gasteiger partial charge >= 0.3 is 0 Å². The Balaban J connectivity index is 1.51. The van der Waals surface area contributed by atoms with Gasteiger partial charge in [0, 0.05) is 31.9 Å². The largest absolute Gasteiger partial charge is 0.369 e. The predicted octanol–water partition coefficient (Wildman–Crippen LogP) is 2.11. The molecule has 1 atom stereocenters. The lowest BCUT2D eigenvalue weighted by Crippen LogP contribution is -2.49. The molecule has 1 saturated heterocycles. The average Bonchev–Trinajstić information content (AvgIpc) is 2.74. The van der Waals surface area contributed by atoms with Gasteiger partial charge in [-0.3, -0.25) is 9.69 Å². The van der Waals surface area contributed by atoms with E-state index in [0.29, 0.717) is 6.54 Å². The van der Waals surface area contributed by atoms with E-state index in [2.05, 4.69) is 34.2 Å². The van der Waals surface area contributed by atoms with Crippen molar-refractivity contribution >= 4 is 21.6 Å². The summed E-state index contributed by atoms with van der Waals surface area (Å²) in [5.74, 6) is 0.0447. The average molecular weight is 431 g/mol. The van der Waals surface area contributed by atoms with Crippen molar-refractivity contribution in [3.63, 3.8) is 0 Å². The molecule has 2 aromatic rings. The van der Waals surface area contributed by atoms with E-state index in [9.17, 15) is 13.2 Å². The van der Waals surface area contributed by atoms with Crippen molar-refractivity contribution in [2.24, 2.45) is 5.14 Å². The zero-order valence-corrected chi connectivity index (χ0v) is 18.1. The summed E-state index contributed by atoms with van der Waals surface area (Å²) in [6, 6.07) is 16.7. The lowest BCUT2D eigenvalue weighted by atomic mass is 10.0. The highest BCUT2D eigenvalue weighted by Crippen LogP contribution is 2.20. The maximum Gasteiger partial charge on any atom is 0.238 e. The van der Waals surface area contributed by atoms with Crippen LogP contribution in [0.2, 0.25) is 0 Å². The number of hydrogen-bond donors (Lipinski definition) is 2. The fourth-order valence-electron chi connectivity index (χ4n) is 3.75. The molecule has 30 heavy (non-hydrogen) atoms. The monoisotopic (exact) mass is 430 g/mol. The van der Waals surface area contributed by atoms with Gasteiger partial charge in [-0.05, 0) is 36.2 Å². The van der Waals surface area contributed by atoms with Crippen LogP contribution in [0.15, 0.2) is 59.5 Å². The third-order valence-corrected chi connectivity index (χ3v) is 6.31. The first-order valence-corrected chi connectivity index (χ1v) is 11.9. The Bertz CT molecular complexity index is 925. The van der Waals surface area contributed by atoms with Crippen LogP contribution in [-0.4, -0.2) is 51.9 Å². The third-order valence-electron chi connectivity index (χ3n) is 5.38. The zero-order valence-electron chi connectivity index (χ0n) is 17.3. The Labute approximate surface area is 178 Å². The van der Waals surface area contributed by atoms with Crippen LogP contribution in [-0.2, 0) is 14.8 Å². The first kappa shape index (κ1) is 22.3. The second-order valence-electron chi connectivity index (χ2n) is 7.62. The van der Waals surface area contributed by atoms with E-state index in [0.717, 1.165) is 50.3 Å². The van der Waals surface area contributed by atoms with Gasteiger partial charge in [0.15, 0.2) is 0 Å². The van der Waals surface area contributed by atoms with Gasteiger partial charge in [-0.2, -0.15) is 0 Å². The van der Waals surface area contributed by atoms with Gasteiger partial charge in [-0.1, -0.05) is 43.7 Å². The molecule has 1 heterocycles. The summed E-state index contributed by atoms with van der Waals surface area (Å²) in [6.45, 7) is 5.60. The number of benzene rings is 2. The number of hydrogen-bond acceptors (Lipinski definition) is 5. The smallest absolute Gasteiger partial charge is 0.238 e.